The fourth-order valence-corrected chi connectivity index (χ4v) is 12.9. The summed E-state index contributed by atoms with van der Waals surface area (Å²) >= 11 is 1.35. The number of para-hydroxylation sites is 2. The van der Waals surface area contributed by atoms with E-state index in [9.17, 15) is 0 Å². The summed E-state index contributed by atoms with van der Waals surface area (Å²) in [5, 5.41) is 9.98. The number of anilines is 2. The van der Waals surface area contributed by atoms with Crippen molar-refractivity contribution in [3.8, 4) is 11.3 Å². The Morgan fingerprint density at radius 2 is 1.62 bits per heavy atom. The molecule has 5 heterocycles. The summed E-state index contributed by atoms with van der Waals surface area (Å²) in [6, 6.07) is 43.5. The van der Waals surface area contributed by atoms with E-state index >= 15 is 0 Å². The molecule has 1 atom stereocenters. The van der Waals surface area contributed by atoms with Crippen LogP contribution in [0.3, 0.4) is 0 Å². The third-order valence-electron chi connectivity index (χ3n) is 11.2. The molecule has 0 bridgehead atoms. The largest absolute Gasteiger partial charge is 3.00 e. The molecular weight excluding hydrogens is 1020 g/mol. The number of hydrogen-bond donors (Lipinski definition) is 0. The summed E-state index contributed by atoms with van der Waals surface area (Å²) in [6.45, 7) is 6.08. The first-order chi connectivity index (χ1) is 31.0. The monoisotopic (exact) mass is 1080 g/mol. The Kier molecular flexibility index (Phi) is 10.8. The maximum atomic E-state index is 8.55. The fourth-order valence-electron chi connectivity index (χ4n) is 8.30. The van der Waals surface area contributed by atoms with Crippen LogP contribution in [-0.4, -0.2) is 23.2 Å². The molecule has 10 rings (SSSR count). The van der Waals surface area contributed by atoms with E-state index in [1.54, 1.807) is 6.07 Å². The van der Waals surface area contributed by atoms with Crippen LogP contribution in [0.25, 0.3) is 57.0 Å². The number of hydrogen-bond acceptors (Lipinski definition) is 5. The third-order valence-corrected chi connectivity index (χ3v) is 17.8. The summed E-state index contributed by atoms with van der Waals surface area (Å²) < 4.78 is 45.6. The number of aromatic nitrogens is 2. The van der Waals surface area contributed by atoms with Gasteiger partial charge in [0.1, 0.15) is 4.83 Å². The Hall–Kier alpha value is -4.37. The Bertz CT molecular complexity index is 3230. The van der Waals surface area contributed by atoms with E-state index in [1.165, 1.54) is 52.7 Å². The molecule has 0 amide bonds. The van der Waals surface area contributed by atoms with Crippen LogP contribution in [0.5, 0.6) is 0 Å². The minimum Gasteiger partial charge on any atom is 3.00 e. The molecule has 8 heteroatoms. The van der Waals surface area contributed by atoms with Gasteiger partial charge in [-0.25, -0.2) is 4.98 Å². The Morgan fingerprint density at radius 1 is 0.820 bits per heavy atom. The van der Waals surface area contributed by atoms with E-state index in [-0.39, 0.29) is 37.9 Å². The van der Waals surface area contributed by atoms with E-state index < -0.39 is 26.5 Å². The summed E-state index contributed by atoms with van der Waals surface area (Å²) in [5.74, 6) is 6.81. The van der Waals surface area contributed by atoms with Crippen LogP contribution >= 0.6 is 22.7 Å². The minimum atomic E-state index is -2.25. The van der Waals surface area contributed by atoms with Gasteiger partial charge in [-0.1, -0.05) is 61.0 Å². The van der Waals surface area contributed by atoms with Gasteiger partial charge in [-0.05, 0) is 66.6 Å². The van der Waals surface area contributed by atoms with Crippen molar-refractivity contribution in [3.63, 3.8) is 0 Å². The SMILES string of the molecule is [2H]C([2H])([2H])c1ccc2c(n1)sc1c(C3[N-]c4ccccc4N3c3c(CC)cc4c(sc5ccccc54)c3CC)[c-]ccc12.[2H]C([2H])(c1c[c]([Ge]([CH3])([CH3])[CH3])cnc1-c1[c-]cccc1)C(C)C.[Ir+3]. The number of pyridine rings is 2. The van der Waals surface area contributed by atoms with Gasteiger partial charge in [0.2, 0.25) is 0 Å². The second kappa shape index (κ2) is 17.8. The van der Waals surface area contributed by atoms with Crippen molar-refractivity contribution in [2.45, 2.75) is 77.2 Å². The molecule has 0 spiro atoms. The average molecular weight is 1080 g/mol. The molecule has 4 aromatic heterocycles. The number of rotatable bonds is 8. The average Bonchev–Trinajstić information content (AvgIpc) is 3.99. The van der Waals surface area contributed by atoms with Gasteiger partial charge in [-0.3, -0.25) is 0 Å². The van der Waals surface area contributed by atoms with E-state index in [2.05, 4.69) is 119 Å². The zero-order valence-corrected chi connectivity index (χ0v) is 41.6. The van der Waals surface area contributed by atoms with Crippen LogP contribution in [0, 0.1) is 24.9 Å². The van der Waals surface area contributed by atoms with Gasteiger partial charge in [-0.2, -0.15) is 29.5 Å². The van der Waals surface area contributed by atoms with E-state index in [4.69, 9.17) is 12.2 Å². The van der Waals surface area contributed by atoms with Crippen molar-refractivity contribution in [2.24, 2.45) is 5.92 Å². The van der Waals surface area contributed by atoms with Crippen LogP contribution in [0.4, 0.5) is 17.1 Å². The first kappa shape index (κ1) is 37.2. The number of aryl methyl sites for hydroxylation is 3. The quantitative estimate of drug-likeness (QED) is 0.112. The maximum Gasteiger partial charge on any atom is 3.00 e. The zero-order valence-electron chi connectivity index (χ0n) is 40.5. The van der Waals surface area contributed by atoms with Crippen molar-refractivity contribution in [1.82, 2.24) is 9.97 Å². The second-order valence-corrected chi connectivity index (χ2v) is 29.3. The number of thiophene rings is 2. The molecule has 0 aliphatic carbocycles. The van der Waals surface area contributed by atoms with Gasteiger partial charge < -0.3 is 10.2 Å². The van der Waals surface area contributed by atoms with Crippen LogP contribution in [0.1, 0.15) is 68.7 Å². The van der Waals surface area contributed by atoms with Crippen molar-refractivity contribution in [3.05, 3.63) is 161 Å². The van der Waals surface area contributed by atoms with Gasteiger partial charge in [0.05, 0.1) is 0 Å². The van der Waals surface area contributed by atoms with Gasteiger partial charge in [0.15, 0.2) is 0 Å². The number of fused-ring (bicyclic) bond motifs is 7. The predicted molar refractivity (Wildman–Crippen MR) is 263 cm³/mol. The number of nitrogens with zero attached hydrogens (tertiary/aromatic N) is 4. The Morgan fingerprint density at radius 3 is 2.38 bits per heavy atom. The minimum absolute atomic E-state index is 0. The van der Waals surface area contributed by atoms with Gasteiger partial charge in [0, 0.05) is 41.4 Å². The topological polar surface area (TPSA) is 43.1 Å². The Labute approximate surface area is 392 Å². The normalized spacial score (nSPS) is 15.4. The van der Waals surface area contributed by atoms with E-state index in [1.807, 2.05) is 73.8 Å². The molecular formula is C53H51GeIrN4S2. The molecule has 5 aromatic carbocycles. The molecule has 308 valence electrons. The number of benzene rings is 5. The fraction of sp³-hybridized carbons (Fsp3) is 0.245. The second-order valence-electron chi connectivity index (χ2n) is 16.6. The summed E-state index contributed by atoms with van der Waals surface area (Å²) in [4.78, 5) is 12.4. The maximum absolute atomic E-state index is 8.55. The Balaban J connectivity index is 0.000000219. The van der Waals surface area contributed by atoms with E-state index in [0.29, 0.717) is 5.56 Å². The molecule has 1 aliphatic heterocycles. The molecule has 0 fully saturated rings. The molecule has 0 saturated carbocycles. The predicted octanol–water partition coefficient (Wildman–Crippen LogP) is 15.2. The molecule has 4 nitrogen and oxygen atoms in total. The summed E-state index contributed by atoms with van der Waals surface area (Å²) in [6.07, 6.45) is 2.01. The zero-order chi connectivity index (χ0) is 46.0. The van der Waals surface area contributed by atoms with Gasteiger partial charge in [0.25, 0.3) is 0 Å². The van der Waals surface area contributed by atoms with Gasteiger partial charge in [-0.15, -0.1) is 28.0 Å². The molecule has 9 aromatic rings. The van der Waals surface area contributed by atoms with Crippen LogP contribution in [-0.2, 0) is 39.3 Å². The molecule has 0 N–H and O–H groups in total. The standard InChI is InChI=1S/C35H27N3S2.C18H24GeN.Ir/c1-4-21-19-27-23-11-6-9-16-30(23)39-32(27)22(5-2)31(21)38-29-15-8-7-14-28(29)37-34(38)26-13-10-12-24-25-18-17-20(3)36-35(25)40-33(24)26;1-14(2)11-16-12-17(19(3,4)5)13-20-18(16)15-9-7-6-8-10-15;/h6-12,14-19,34H,4-5H2,1-3H3;6-9,12-14H,11H2,1-5H3;/q-2;-1;+3/i3D3;11D2;. The summed E-state index contributed by atoms with van der Waals surface area (Å²) in [5.41, 5.74) is 9.30. The summed E-state index contributed by atoms with van der Waals surface area (Å²) in [7, 11) is 0. The van der Waals surface area contributed by atoms with Crippen LogP contribution < -0.4 is 9.30 Å². The molecule has 1 unspecified atom stereocenters. The third kappa shape index (κ3) is 8.21. The molecule has 1 aliphatic rings. The van der Waals surface area contributed by atoms with Gasteiger partial charge >= 0.3 is 148 Å². The van der Waals surface area contributed by atoms with Crippen molar-refractivity contribution >= 4 is 97.9 Å². The first-order valence-electron chi connectivity index (χ1n) is 23.3. The van der Waals surface area contributed by atoms with E-state index in [0.717, 1.165) is 61.3 Å². The first-order valence-corrected chi connectivity index (χ1v) is 29.8. The molecule has 61 heavy (non-hydrogen) atoms. The van der Waals surface area contributed by atoms with Crippen LogP contribution in [0.15, 0.2) is 115 Å². The smallest absolute Gasteiger partial charge is 3.00 e. The van der Waals surface area contributed by atoms with Crippen LogP contribution in [0.2, 0.25) is 17.3 Å². The van der Waals surface area contributed by atoms with Crippen molar-refractivity contribution in [2.75, 3.05) is 4.90 Å². The molecule has 0 radical (unpaired) electrons. The molecule has 0 saturated heterocycles. The van der Waals surface area contributed by atoms with Crippen molar-refractivity contribution in [1.29, 1.82) is 0 Å². The van der Waals surface area contributed by atoms with Crippen molar-refractivity contribution < 1.29 is 27.0 Å².